The third kappa shape index (κ3) is 6.48. The molecule has 0 radical (unpaired) electrons. The molecule has 178 valence electrons. The first-order chi connectivity index (χ1) is 15.8. The zero-order chi connectivity index (χ0) is 23.4. The normalized spacial score (nSPS) is 20.2. The fourth-order valence-electron chi connectivity index (χ4n) is 4.48. The highest BCUT2D eigenvalue weighted by Crippen LogP contribution is 2.23. The molecule has 1 atom stereocenters. The lowest BCUT2D eigenvalue weighted by Crippen LogP contribution is -2.41. The number of aliphatic hydroxyl groups excluding tert-OH is 1. The molecule has 1 aromatic carbocycles. The first kappa shape index (κ1) is 23.6. The van der Waals surface area contributed by atoms with E-state index in [9.17, 15) is 14.3 Å². The van der Waals surface area contributed by atoms with E-state index in [0.717, 1.165) is 31.5 Å². The molecule has 0 unspecified atom stereocenters. The van der Waals surface area contributed by atoms with Crippen LogP contribution in [0.3, 0.4) is 0 Å². The number of benzene rings is 1. The number of ether oxygens (including phenoxy) is 1. The molecule has 2 aliphatic rings. The van der Waals surface area contributed by atoms with Crippen LogP contribution in [0.15, 0.2) is 36.7 Å². The van der Waals surface area contributed by atoms with E-state index in [4.69, 9.17) is 4.74 Å². The molecule has 2 aromatic rings. The Morgan fingerprint density at radius 2 is 1.85 bits per heavy atom. The van der Waals surface area contributed by atoms with Crippen molar-refractivity contribution in [1.29, 1.82) is 0 Å². The van der Waals surface area contributed by atoms with Gasteiger partial charge in [-0.25, -0.2) is 14.4 Å². The van der Waals surface area contributed by atoms with E-state index in [1.54, 1.807) is 43.3 Å². The second kappa shape index (κ2) is 10.1. The summed E-state index contributed by atoms with van der Waals surface area (Å²) in [5.74, 6) is 0.866. The molecule has 7 nitrogen and oxygen atoms in total. The van der Waals surface area contributed by atoms with Gasteiger partial charge in [0.1, 0.15) is 5.67 Å². The second-order valence-electron chi connectivity index (χ2n) is 9.76. The molecule has 1 amide bonds. The van der Waals surface area contributed by atoms with E-state index in [2.05, 4.69) is 14.9 Å². The van der Waals surface area contributed by atoms with E-state index in [0.29, 0.717) is 55.7 Å². The second-order valence-corrected chi connectivity index (χ2v) is 9.76. The van der Waals surface area contributed by atoms with E-state index in [1.165, 1.54) is 0 Å². The van der Waals surface area contributed by atoms with Crippen LogP contribution in [-0.2, 0) is 0 Å². The quantitative estimate of drug-likeness (QED) is 0.690. The van der Waals surface area contributed by atoms with Gasteiger partial charge in [-0.3, -0.25) is 4.79 Å². The number of piperidine rings is 1. The number of nitrogens with zero attached hydrogens (tertiary/aromatic N) is 4. The average Bonchev–Trinajstić information content (AvgIpc) is 3.24. The number of carbonyl (C=O) groups is 1. The number of carbonyl (C=O) groups excluding carboxylic acids is 1. The van der Waals surface area contributed by atoms with Crippen molar-refractivity contribution in [3.63, 3.8) is 0 Å². The van der Waals surface area contributed by atoms with Crippen LogP contribution in [-0.4, -0.2) is 81.9 Å². The number of amides is 1. The standard InChI is InChI=1S/C25H33FN4O3/c1-25(2,26)17-29-10-7-18(8-11-29)16-33-23-14-27-22(13-28-23)19-3-5-20(6-4-19)24(32)30-12-9-21(31)15-30/h3-6,13-14,18,21,31H,7-12,15-17H2,1-2H3/t21-/m0/s1. The van der Waals surface area contributed by atoms with Crippen molar-refractivity contribution in [2.75, 3.05) is 39.3 Å². The summed E-state index contributed by atoms with van der Waals surface area (Å²) in [6.45, 7) is 7.07. The SMILES string of the molecule is CC(C)(F)CN1CCC(COc2cnc(-c3ccc(C(=O)N4CC[C@H](O)C4)cc3)cn2)CC1. The summed E-state index contributed by atoms with van der Waals surface area (Å²) >= 11 is 0. The molecular weight excluding hydrogens is 423 g/mol. The Morgan fingerprint density at radius 3 is 2.42 bits per heavy atom. The lowest BCUT2D eigenvalue weighted by atomic mass is 9.97. The molecule has 4 rings (SSSR count). The highest BCUT2D eigenvalue weighted by atomic mass is 19.1. The molecule has 33 heavy (non-hydrogen) atoms. The number of aliphatic hydroxyl groups is 1. The largest absolute Gasteiger partial charge is 0.476 e. The van der Waals surface area contributed by atoms with E-state index >= 15 is 0 Å². The maximum atomic E-state index is 13.8. The van der Waals surface area contributed by atoms with E-state index in [1.807, 2.05) is 12.1 Å². The minimum atomic E-state index is -1.16. The average molecular weight is 457 g/mol. The minimum Gasteiger partial charge on any atom is -0.476 e. The van der Waals surface area contributed by atoms with E-state index in [-0.39, 0.29) is 5.91 Å². The Bertz CT molecular complexity index is 922. The molecule has 1 aromatic heterocycles. The van der Waals surface area contributed by atoms with Gasteiger partial charge in [-0.1, -0.05) is 12.1 Å². The molecule has 3 heterocycles. The summed E-state index contributed by atoms with van der Waals surface area (Å²) < 4.78 is 19.7. The first-order valence-corrected chi connectivity index (χ1v) is 11.7. The van der Waals surface area contributed by atoms with Gasteiger partial charge in [0.2, 0.25) is 5.88 Å². The molecule has 0 bridgehead atoms. The van der Waals surface area contributed by atoms with Crippen molar-refractivity contribution < 1.29 is 19.0 Å². The molecule has 0 saturated carbocycles. The lowest BCUT2D eigenvalue weighted by molar-refractivity contribution is 0.0765. The summed E-state index contributed by atoms with van der Waals surface area (Å²) in [7, 11) is 0. The third-order valence-corrected chi connectivity index (χ3v) is 6.28. The third-order valence-electron chi connectivity index (χ3n) is 6.28. The predicted octanol–water partition coefficient (Wildman–Crippen LogP) is 3.19. The number of hydrogen-bond acceptors (Lipinski definition) is 6. The predicted molar refractivity (Wildman–Crippen MR) is 124 cm³/mol. The molecule has 2 saturated heterocycles. The topological polar surface area (TPSA) is 78.8 Å². The summed E-state index contributed by atoms with van der Waals surface area (Å²) in [6.07, 6.45) is 5.48. The van der Waals surface area contributed by atoms with Crippen LogP contribution in [0.2, 0.25) is 0 Å². The van der Waals surface area contributed by atoms with Gasteiger partial charge in [0, 0.05) is 30.8 Å². The van der Waals surface area contributed by atoms with Crippen LogP contribution in [0.25, 0.3) is 11.3 Å². The van der Waals surface area contributed by atoms with Crippen LogP contribution in [0.4, 0.5) is 4.39 Å². The fourth-order valence-corrected chi connectivity index (χ4v) is 4.48. The van der Waals surface area contributed by atoms with Crippen molar-refractivity contribution in [2.24, 2.45) is 5.92 Å². The van der Waals surface area contributed by atoms with Crippen LogP contribution in [0.1, 0.15) is 43.5 Å². The number of likely N-dealkylation sites (tertiary alicyclic amines) is 2. The summed E-state index contributed by atoms with van der Waals surface area (Å²) in [6, 6.07) is 7.28. The molecule has 2 fully saturated rings. The lowest BCUT2D eigenvalue weighted by Gasteiger charge is -2.34. The van der Waals surface area contributed by atoms with Crippen LogP contribution in [0, 0.1) is 5.92 Å². The van der Waals surface area contributed by atoms with Crippen LogP contribution < -0.4 is 4.74 Å². The van der Waals surface area contributed by atoms with E-state index < -0.39 is 11.8 Å². The monoisotopic (exact) mass is 456 g/mol. The first-order valence-electron chi connectivity index (χ1n) is 11.7. The fraction of sp³-hybridized carbons (Fsp3) is 0.560. The Labute approximate surface area is 194 Å². The molecular formula is C25H33FN4O3. The number of halogens is 1. The highest BCUT2D eigenvalue weighted by molar-refractivity contribution is 5.94. The maximum Gasteiger partial charge on any atom is 0.253 e. The smallest absolute Gasteiger partial charge is 0.253 e. The van der Waals surface area contributed by atoms with Gasteiger partial charge >= 0.3 is 0 Å². The Balaban J connectivity index is 1.26. The van der Waals surface area contributed by atoms with Gasteiger partial charge in [0.15, 0.2) is 0 Å². The van der Waals surface area contributed by atoms with Crippen molar-refractivity contribution in [3.8, 4) is 17.1 Å². The van der Waals surface area contributed by atoms with Crippen LogP contribution >= 0.6 is 0 Å². The molecule has 0 aliphatic carbocycles. The van der Waals surface area contributed by atoms with Gasteiger partial charge in [-0.05, 0) is 64.3 Å². The molecule has 2 aliphatic heterocycles. The summed E-state index contributed by atoms with van der Waals surface area (Å²) in [4.78, 5) is 25.2. The summed E-state index contributed by atoms with van der Waals surface area (Å²) in [5.41, 5.74) is 1.02. The number of rotatable bonds is 7. The molecule has 0 spiro atoms. The van der Waals surface area contributed by atoms with Gasteiger partial charge in [0.05, 0.1) is 30.8 Å². The van der Waals surface area contributed by atoms with Crippen molar-refractivity contribution >= 4 is 5.91 Å². The maximum absolute atomic E-state index is 13.8. The number of alkyl halides is 1. The molecule has 8 heteroatoms. The van der Waals surface area contributed by atoms with Gasteiger partial charge in [0.25, 0.3) is 5.91 Å². The number of β-amino-alcohol motifs (C(OH)–C–C–N with tert-alkyl or cyclic N) is 1. The number of aromatic nitrogens is 2. The van der Waals surface area contributed by atoms with Crippen molar-refractivity contribution in [1.82, 2.24) is 19.8 Å². The zero-order valence-electron chi connectivity index (χ0n) is 19.4. The summed E-state index contributed by atoms with van der Waals surface area (Å²) in [5, 5.41) is 9.64. The van der Waals surface area contributed by atoms with Gasteiger partial charge < -0.3 is 19.6 Å². The van der Waals surface area contributed by atoms with Gasteiger partial charge in [-0.15, -0.1) is 0 Å². The van der Waals surface area contributed by atoms with Gasteiger partial charge in [-0.2, -0.15) is 0 Å². The Kier molecular flexibility index (Phi) is 7.24. The highest BCUT2D eigenvalue weighted by Gasteiger charge is 2.26. The minimum absolute atomic E-state index is 0.0628. The van der Waals surface area contributed by atoms with Crippen molar-refractivity contribution in [3.05, 3.63) is 42.2 Å². The zero-order valence-corrected chi connectivity index (χ0v) is 19.4. The van der Waals surface area contributed by atoms with Crippen LogP contribution in [0.5, 0.6) is 5.88 Å². The Hall–Kier alpha value is -2.58. The number of hydrogen-bond donors (Lipinski definition) is 1. The Morgan fingerprint density at radius 1 is 1.12 bits per heavy atom. The molecule has 1 N–H and O–H groups in total. The van der Waals surface area contributed by atoms with Crippen molar-refractivity contribution in [2.45, 2.75) is 44.9 Å².